The van der Waals surface area contributed by atoms with E-state index in [-0.39, 0.29) is 12.5 Å². The molecule has 0 saturated carbocycles. The lowest BCUT2D eigenvalue weighted by Crippen LogP contribution is -2.32. The summed E-state index contributed by atoms with van der Waals surface area (Å²) in [5, 5.41) is 5.15. The van der Waals surface area contributed by atoms with Crippen LogP contribution < -0.4 is 5.32 Å². The molecule has 1 aromatic rings. The van der Waals surface area contributed by atoms with E-state index in [1.807, 2.05) is 18.4 Å². The van der Waals surface area contributed by atoms with E-state index in [2.05, 4.69) is 21.2 Å². The van der Waals surface area contributed by atoms with Crippen molar-refractivity contribution in [3.63, 3.8) is 0 Å². The van der Waals surface area contributed by atoms with E-state index in [9.17, 15) is 13.2 Å². The van der Waals surface area contributed by atoms with E-state index < -0.39 is 12.6 Å². The molecule has 0 aliphatic heterocycles. The molecule has 0 aliphatic carbocycles. The van der Waals surface area contributed by atoms with Crippen LogP contribution in [0.5, 0.6) is 0 Å². The summed E-state index contributed by atoms with van der Waals surface area (Å²) in [5.41, 5.74) is 0. The minimum absolute atomic E-state index is 0.0999. The summed E-state index contributed by atoms with van der Waals surface area (Å²) >= 11 is 4.93. The highest BCUT2D eigenvalue weighted by Crippen LogP contribution is 2.25. The molecule has 1 N–H and O–H groups in total. The average Bonchev–Trinajstić information content (AvgIpc) is 2.67. The van der Waals surface area contributed by atoms with Gasteiger partial charge in [-0.1, -0.05) is 6.92 Å². The summed E-state index contributed by atoms with van der Waals surface area (Å²) in [7, 11) is 0. The van der Waals surface area contributed by atoms with Gasteiger partial charge in [0.2, 0.25) is 0 Å². The number of rotatable bonds is 7. The van der Waals surface area contributed by atoms with Crippen LogP contribution in [0.2, 0.25) is 0 Å². The Morgan fingerprint density at radius 3 is 2.67 bits per heavy atom. The van der Waals surface area contributed by atoms with Crippen molar-refractivity contribution < 1.29 is 13.2 Å². The third-order valence-electron chi connectivity index (χ3n) is 2.53. The van der Waals surface area contributed by atoms with Gasteiger partial charge in [-0.25, -0.2) is 0 Å². The van der Waals surface area contributed by atoms with Crippen molar-refractivity contribution in [3.05, 3.63) is 20.8 Å². The summed E-state index contributed by atoms with van der Waals surface area (Å²) in [6, 6.07) is 1.87. The largest absolute Gasteiger partial charge is 0.389 e. The van der Waals surface area contributed by atoms with Crippen LogP contribution in [0.1, 0.15) is 31.1 Å². The highest BCUT2D eigenvalue weighted by Gasteiger charge is 2.28. The van der Waals surface area contributed by atoms with Gasteiger partial charge in [-0.3, -0.25) is 0 Å². The summed E-state index contributed by atoms with van der Waals surface area (Å²) < 4.78 is 37.7. The van der Waals surface area contributed by atoms with Gasteiger partial charge in [-0.05, 0) is 47.8 Å². The molecule has 1 aromatic heterocycles. The van der Waals surface area contributed by atoms with Gasteiger partial charge in [0.05, 0.1) is 0 Å². The van der Waals surface area contributed by atoms with Gasteiger partial charge in [0, 0.05) is 27.2 Å². The highest BCUT2D eigenvalue weighted by atomic mass is 79.9. The molecule has 0 saturated heterocycles. The Labute approximate surface area is 118 Å². The molecule has 0 fully saturated rings. The minimum Gasteiger partial charge on any atom is -0.314 e. The van der Waals surface area contributed by atoms with Gasteiger partial charge < -0.3 is 5.32 Å². The first-order valence-electron chi connectivity index (χ1n) is 5.93. The Balaban J connectivity index is 2.49. The molecule has 1 unspecified atom stereocenters. The second-order valence-electron chi connectivity index (χ2n) is 4.24. The average molecular weight is 344 g/mol. The maximum Gasteiger partial charge on any atom is 0.389 e. The van der Waals surface area contributed by atoms with Crippen molar-refractivity contribution in [2.75, 3.05) is 6.54 Å². The summed E-state index contributed by atoms with van der Waals surface area (Å²) in [4.78, 5) is 1.11. The fourth-order valence-corrected chi connectivity index (χ4v) is 3.20. The van der Waals surface area contributed by atoms with Crippen LogP contribution in [0.4, 0.5) is 13.2 Å². The van der Waals surface area contributed by atoms with Gasteiger partial charge in [0.15, 0.2) is 0 Å². The predicted molar refractivity (Wildman–Crippen MR) is 73.1 cm³/mol. The number of hydrogen-bond acceptors (Lipinski definition) is 2. The summed E-state index contributed by atoms with van der Waals surface area (Å²) in [5.74, 6) is 0. The Hall–Kier alpha value is -0.0700. The molecule has 0 spiro atoms. The molecule has 1 nitrogen and oxygen atoms in total. The van der Waals surface area contributed by atoms with E-state index >= 15 is 0 Å². The molecule has 1 rings (SSSR count). The first-order chi connectivity index (χ1) is 8.40. The van der Waals surface area contributed by atoms with Crippen molar-refractivity contribution in [2.45, 2.75) is 44.8 Å². The Morgan fingerprint density at radius 2 is 2.17 bits per heavy atom. The maximum absolute atomic E-state index is 12.2. The lowest BCUT2D eigenvalue weighted by molar-refractivity contribution is -0.136. The molecule has 0 aromatic carbocycles. The van der Waals surface area contributed by atoms with Crippen molar-refractivity contribution in [1.29, 1.82) is 0 Å². The fraction of sp³-hybridized carbons (Fsp3) is 0.667. The van der Waals surface area contributed by atoms with Crippen LogP contribution in [0.3, 0.4) is 0 Å². The molecule has 1 atom stereocenters. The van der Waals surface area contributed by atoms with Gasteiger partial charge in [0.25, 0.3) is 0 Å². The molecule has 1 heterocycles. The van der Waals surface area contributed by atoms with Gasteiger partial charge in [-0.2, -0.15) is 13.2 Å². The molecule has 6 heteroatoms. The normalized spacial score (nSPS) is 13.8. The Bertz CT molecular complexity index is 351. The third-order valence-corrected chi connectivity index (χ3v) is 4.25. The number of halogens is 4. The van der Waals surface area contributed by atoms with Crippen molar-refractivity contribution in [2.24, 2.45) is 0 Å². The topological polar surface area (TPSA) is 12.0 Å². The standard InChI is InChI=1S/C12H17BrF3NS/c1-2-5-17-10(3-4-12(14,15)16)7-11-6-9(13)8-18-11/h6,8,10,17H,2-5,7H2,1H3. The van der Waals surface area contributed by atoms with Crippen LogP contribution in [0, 0.1) is 0 Å². The zero-order chi connectivity index (χ0) is 13.6. The molecular weight excluding hydrogens is 327 g/mol. The van der Waals surface area contributed by atoms with Gasteiger partial charge in [0.1, 0.15) is 0 Å². The monoisotopic (exact) mass is 343 g/mol. The predicted octanol–water partition coefficient (Wildman–Crippen LogP) is 4.76. The SMILES string of the molecule is CCCNC(CCC(F)(F)F)Cc1cc(Br)cs1. The zero-order valence-electron chi connectivity index (χ0n) is 10.2. The molecule has 18 heavy (non-hydrogen) atoms. The van der Waals surface area contributed by atoms with Crippen LogP contribution in [0.25, 0.3) is 0 Å². The Morgan fingerprint density at radius 1 is 1.44 bits per heavy atom. The molecule has 0 radical (unpaired) electrons. The van der Waals surface area contributed by atoms with E-state index in [1.54, 1.807) is 11.3 Å². The summed E-state index contributed by atoms with van der Waals surface area (Å²) in [6.45, 7) is 2.77. The van der Waals surface area contributed by atoms with Crippen molar-refractivity contribution in [1.82, 2.24) is 5.32 Å². The van der Waals surface area contributed by atoms with E-state index in [0.29, 0.717) is 6.42 Å². The van der Waals surface area contributed by atoms with Crippen LogP contribution in [-0.4, -0.2) is 18.8 Å². The second-order valence-corrected chi connectivity index (χ2v) is 6.15. The lowest BCUT2D eigenvalue weighted by Gasteiger charge is -2.18. The van der Waals surface area contributed by atoms with Crippen LogP contribution >= 0.6 is 27.3 Å². The smallest absolute Gasteiger partial charge is 0.314 e. The first-order valence-corrected chi connectivity index (χ1v) is 7.61. The molecule has 0 aliphatic rings. The summed E-state index contributed by atoms with van der Waals surface area (Å²) in [6.07, 6.45) is -3.06. The molecular formula is C12H17BrF3NS. The minimum atomic E-state index is -4.07. The lowest BCUT2D eigenvalue weighted by atomic mass is 10.1. The number of thiophene rings is 1. The first kappa shape index (κ1) is 16.0. The van der Waals surface area contributed by atoms with E-state index in [1.165, 1.54) is 0 Å². The van der Waals surface area contributed by atoms with Crippen LogP contribution in [0.15, 0.2) is 15.9 Å². The Kier molecular flexibility index (Phi) is 6.66. The fourth-order valence-electron chi connectivity index (χ4n) is 1.67. The number of alkyl halides is 3. The van der Waals surface area contributed by atoms with E-state index in [0.717, 1.165) is 22.3 Å². The molecule has 0 amide bonds. The van der Waals surface area contributed by atoms with Crippen molar-refractivity contribution in [3.8, 4) is 0 Å². The highest BCUT2D eigenvalue weighted by molar-refractivity contribution is 9.10. The third kappa shape index (κ3) is 6.75. The maximum atomic E-state index is 12.2. The number of nitrogens with one attached hydrogen (secondary N) is 1. The van der Waals surface area contributed by atoms with E-state index in [4.69, 9.17) is 0 Å². The zero-order valence-corrected chi connectivity index (χ0v) is 12.6. The second kappa shape index (κ2) is 7.50. The van der Waals surface area contributed by atoms with Gasteiger partial charge >= 0.3 is 6.18 Å². The molecule has 104 valence electrons. The molecule has 0 bridgehead atoms. The van der Waals surface area contributed by atoms with Gasteiger partial charge in [-0.15, -0.1) is 11.3 Å². The number of hydrogen-bond donors (Lipinski definition) is 1. The quantitative estimate of drug-likeness (QED) is 0.752. The van der Waals surface area contributed by atoms with Crippen LogP contribution in [-0.2, 0) is 6.42 Å². The van der Waals surface area contributed by atoms with Crippen molar-refractivity contribution >= 4 is 27.3 Å².